The van der Waals surface area contributed by atoms with E-state index in [-0.39, 0.29) is 17.8 Å². The van der Waals surface area contributed by atoms with Crippen molar-refractivity contribution in [1.82, 2.24) is 14.8 Å². The number of hydrogen-bond acceptors (Lipinski definition) is 5. The number of allylic oxidation sites excluding steroid dienone is 1. The van der Waals surface area contributed by atoms with Crippen molar-refractivity contribution in [3.63, 3.8) is 0 Å². The van der Waals surface area contributed by atoms with Gasteiger partial charge in [0.05, 0.1) is 5.75 Å². The van der Waals surface area contributed by atoms with E-state index < -0.39 is 0 Å². The zero-order valence-electron chi connectivity index (χ0n) is 19.1. The molecule has 1 atom stereocenters. The Labute approximate surface area is 194 Å². The van der Waals surface area contributed by atoms with E-state index in [2.05, 4.69) is 42.0 Å². The molecule has 1 aromatic heterocycles. The van der Waals surface area contributed by atoms with Crippen LogP contribution in [0.25, 0.3) is 0 Å². The molecule has 168 valence electrons. The zero-order valence-corrected chi connectivity index (χ0v) is 19.9. The Morgan fingerprint density at radius 1 is 1.25 bits per heavy atom. The van der Waals surface area contributed by atoms with Gasteiger partial charge in [0.15, 0.2) is 17.1 Å². The van der Waals surface area contributed by atoms with E-state index in [9.17, 15) is 4.79 Å². The van der Waals surface area contributed by atoms with Crippen LogP contribution >= 0.6 is 11.8 Å². The number of aryl methyl sites for hydroxylation is 3. The number of thioether (sulfide) groups is 1. The topological polar surface area (TPSA) is 69.0 Å². The van der Waals surface area contributed by atoms with Gasteiger partial charge < -0.3 is 10.1 Å². The van der Waals surface area contributed by atoms with Gasteiger partial charge in [-0.05, 0) is 50.5 Å². The molecule has 0 fully saturated rings. The predicted octanol–water partition coefficient (Wildman–Crippen LogP) is 5.51. The third-order valence-corrected chi connectivity index (χ3v) is 6.03. The van der Waals surface area contributed by atoms with E-state index in [1.54, 1.807) is 6.08 Å². The van der Waals surface area contributed by atoms with Crippen LogP contribution in [0.2, 0.25) is 0 Å². The number of benzene rings is 2. The molecule has 0 saturated heterocycles. The highest BCUT2D eigenvalue weighted by Gasteiger charge is 2.20. The number of nitrogens with one attached hydrogen (secondary N) is 1. The van der Waals surface area contributed by atoms with Gasteiger partial charge in [-0.1, -0.05) is 60.7 Å². The van der Waals surface area contributed by atoms with Crippen molar-refractivity contribution < 1.29 is 9.53 Å². The SMILES string of the molecule is C=CCn1c(SCC(=O)Nc2ccccc2CC)nnc1C(C)Oc1ccc(C)cc1C. The lowest BCUT2D eigenvalue weighted by Gasteiger charge is -2.17. The zero-order chi connectivity index (χ0) is 23.1. The molecule has 3 rings (SSSR count). The van der Waals surface area contributed by atoms with E-state index in [4.69, 9.17) is 4.74 Å². The third-order valence-electron chi connectivity index (χ3n) is 5.06. The average Bonchev–Trinajstić information content (AvgIpc) is 3.17. The van der Waals surface area contributed by atoms with Gasteiger partial charge in [0.2, 0.25) is 5.91 Å². The Hall–Kier alpha value is -3.06. The monoisotopic (exact) mass is 450 g/mol. The molecule has 0 bridgehead atoms. The minimum atomic E-state index is -0.302. The summed E-state index contributed by atoms with van der Waals surface area (Å²) in [6.45, 7) is 12.5. The van der Waals surface area contributed by atoms with Crippen molar-refractivity contribution in [1.29, 1.82) is 0 Å². The quantitative estimate of drug-likeness (QED) is 0.326. The Morgan fingerprint density at radius 3 is 2.75 bits per heavy atom. The highest BCUT2D eigenvalue weighted by atomic mass is 32.2. The number of rotatable bonds is 10. The van der Waals surface area contributed by atoms with Crippen LogP contribution in [0.3, 0.4) is 0 Å². The molecule has 1 amide bonds. The molecule has 0 spiro atoms. The largest absolute Gasteiger partial charge is 0.482 e. The summed E-state index contributed by atoms with van der Waals surface area (Å²) < 4.78 is 8.11. The molecule has 0 saturated carbocycles. The Kier molecular flexibility index (Phi) is 8.11. The van der Waals surface area contributed by atoms with E-state index >= 15 is 0 Å². The molecule has 2 aromatic carbocycles. The van der Waals surface area contributed by atoms with Crippen molar-refractivity contribution in [3.8, 4) is 5.75 Å². The van der Waals surface area contributed by atoms with Gasteiger partial charge in [-0.3, -0.25) is 9.36 Å². The number of para-hydroxylation sites is 1. The lowest BCUT2D eigenvalue weighted by Crippen LogP contribution is -2.16. The van der Waals surface area contributed by atoms with Gasteiger partial charge in [0, 0.05) is 12.2 Å². The molecule has 6 nitrogen and oxygen atoms in total. The number of nitrogens with zero attached hydrogens (tertiary/aromatic N) is 3. The highest BCUT2D eigenvalue weighted by molar-refractivity contribution is 7.99. The molecule has 0 aliphatic rings. The molecule has 7 heteroatoms. The normalized spacial score (nSPS) is 11.8. The Bertz CT molecular complexity index is 1090. The van der Waals surface area contributed by atoms with Crippen LogP contribution in [0.5, 0.6) is 5.75 Å². The number of hydrogen-bond donors (Lipinski definition) is 1. The summed E-state index contributed by atoms with van der Waals surface area (Å²) in [6.07, 6.45) is 2.35. The summed E-state index contributed by atoms with van der Waals surface area (Å²) in [5.74, 6) is 1.67. The fourth-order valence-electron chi connectivity index (χ4n) is 3.45. The summed E-state index contributed by atoms with van der Waals surface area (Å²) in [4.78, 5) is 12.5. The van der Waals surface area contributed by atoms with E-state index in [0.29, 0.717) is 17.5 Å². The standard InChI is InChI=1S/C25H30N4O2S/c1-6-14-29-24(19(5)31-22-13-12-17(3)15-18(22)4)27-28-25(29)32-16-23(30)26-21-11-9-8-10-20(21)7-2/h6,8-13,15,19H,1,7,14,16H2,2-5H3,(H,26,30). The minimum Gasteiger partial charge on any atom is -0.482 e. The maximum Gasteiger partial charge on any atom is 0.234 e. The number of amides is 1. The van der Waals surface area contributed by atoms with Crippen molar-refractivity contribution in [2.24, 2.45) is 0 Å². The van der Waals surface area contributed by atoms with Crippen LogP contribution in [-0.4, -0.2) is 26.4 Å². The first kappa shape index (κ1) is 23.6. The van der Waals surface area contributed by atoms with Crippen LogP contribution in [0.1, 0.15) is 42.5 Å². The van der Waals surface area contributed by atoms with Gasteiger partial charge in [-0.15, -0.1) is 16.8 Å². The summed E-state index contributed by atoms with van der Waals surface area (Å²) >= 11 is 1.35. The van der Waals surface area contributed by atoms with Crippen LogP contribution in [0.15, 0.2) is 60.3 Å². The van der Waals surface area contributed by atoms with Crippen LogP contribution in [0, 0.1) is 13.8 Å². The van der Waals surface area contributed by atoms with Crippen LogP contribution in [0.4, 0.5) is 5.69 Å². The number of anilines is 1. The van der Waals surface area contributed by atoms with Gasteiger partial charge in [-0.2, -0.15) is 0 Å². The van der Waals surface area contributed by atoms with E-state index in [1.165, 1.54) is 17.3 Å². The van der Waals surface area contributed by atoms with Crippen molar-refractivity contribution >= 4 is 23.4 Å². The molecular weight excluding hydrogens is 420 g/mol. The average molecular weight is 451 g/mol. The van der Waals surface area contributed by atoms with Crippen LogP contribution in [-0.2, 0) is 17.8 Å². The fraction of sp³-hybridized carbons (Fsp3) is 0.320. The molecule has 32 heavy (non-hydrogen) atoms. The third kappa shape index (κ3) is 5.79. The maximum atomic E-state index is 12.5. The lowest BCUT2D eigenvalue weighted by molar-refractivity contribution is -0.113. The number of ether oxygens (including phenoxy) is 1. The predicted molar refractivity (Wildman–Crippen MR) is 130 cm³/mol. The molecule has 0 aliphatic carbocycles. The molecule has 1 unspecified atom stereocenters. The summed E-state index contributed by atoms with van der Waals surface area (Å²) in [7, 11) is 0. The fourth-order valence-corrected chi connectivity index (χ4v) is 4.20. The lowest BCUT2D eigenvalue weighted by atomic mass is 10.1. The van der Waals surface area contributed by atoms with Crippen molar-refractivity contribution in [3.05, 3.63) is 77.6 Å². The highest BCUT2D eigenvalue weighted by Crippen LogP contribution is 2.27. The summed E-state index contributed by atoms with van der Waals surface area (Å²) in [5.41, 5.74) is 4.23. The van der Waals surface area contributed by atoms with Crippen molar-refractivity contribution in [2.75, 3.05) is 11.1 Å². The molecule has 1 heterocycles. The second kappa shape index (κ2) is 11.0. The molecule has 1 N–H and O–H groups in total. The van der Waals surface area contributed by atoms with Gasteiger partial charge in [0.1, 0.15) is 5.75 Å². The molecule has 0 radical (unpaired) electrons. The number of carbonyl (C=O) groups is 1. The van der Waals surface area contributed by atoms with Gasteiger partial charge in [-0.25, -0.2) is 0 Å². The second-order valence-corrected chi connectivity index (χ2v) is 8.56. The Morgan fingerprint density at radius 2 is 2.03 bits per heavy atom. The number of carbonyl (C=O) groups excluding carboxylic acids is 1. The summed E-state index contributed by atoms with van der Waals surface area (Å²) in [6, 6.07) is 13.9. The van der Waals surface area contributed by atoms with Crippen molar-refractivity contribution in [2.45, 2.75) is 51.9 Å². The van der Waals surface area contributed by atoms with Crippen LogP contribution < -0.4 is 10.1 Å². The smallest absolute Gasteiger partial charge is 0.234 e. The summed E-state index contributed by atoms with van der Waals surface area (Å²) in [5, 5.41) is 12.3. The molecule has 3 aromatic rings. The first-order valence-corrected chi connectivity index (χ1v) is 11.7. The first-order chi connectivity index (χ1) is 15.4. The van der Waals surface area contributed by atoms with Gasteiger partial charge in [0.25, 0.3) is 0 Å². The minimum absolute atomic E-state index is 0.0785. The van der Waals surface area contributed by atoms with Gasteiger partial charge >= 0.3 is 0 Å². The first-order valence-electron chi connectivity index (χ1n) is 10.7. The van der Waals surface area contributed by atoms with E-state index in [0.717, 1.165) is 29.0 Å². The molecule has 0 aliphatic heterocycles. The second-order valence-electron chi connectivity index (χ2n) is 7.62. The molecular formula is C25H30N4O2S. The maximum absolute atomic E-state index is 12.5. The van der Waals surface area contributed by atoms with E-state index in [1.807, 2.05) is 54.8 Å². The Balaban J connectivity index is 1.69. The number of aromatic nitrogens is 3.